The molecule has 1 saturated carbocycles. The minimum Gasteiger partial charge on any atom is -0.352 e. The quantitative estimate of drug-likeness (QED) is 0.672. The number of rotatable bonds is 7. The predicted molar refractivity (Wildman–Crippen MR) is 62.7 cm³/mol. The van der Waals surface area contributed by atoms with Gasteiger partial charge in [0.05, 0.1) is 6.54 Å². The van der Waals surface area contributed by atoms with Crippen molar-refractivity contribution in [1.29, 1.82) is 0 Å². The Morgan fingerprint density at radius 2 is 2.07 bits per heavy atom. The van der Waals surface area contributed by atoms with Crippen LogP contribution < -0.4 is 10.6 Å². The van der Waals surface area contributed by atoms with E-state index >= 15 is 0 Å². The van der Waals surface area contributed by atoms with Crippen LogP contribution in [0.2, 0.25) is 0 Å². The maximum Gasteiger partial charge on any atom is 0.234 e. The highest BCUT2D eigenvalue weighted by atomic mass is 16.1. The molecule has 0 aromatic rings. The first-order valence-corrected chi connectivity index (χ1v) is 6.13. The third-order valence-electron chi connectivity index (χ3n) is 3.30. The molecule has 0 heterocycles. The van der Waals surface area contributed by atoms with Gasteiger partial charge in [-0.05, 0) is 38.1 Å². The van der Waals surface area contributed by atoms with Gasteiger partial charge >= 0.3 is 0 Å². The summed E-state index contributed by atoms with van der Waals surface area (Å²) in [4.78, 5) is 11.5. The van der Waals surface area contributed by atoms with Crippen LogP contribution in [0.25, 0.3) is 0 Å². The van der Waals surface area contributed by atoms with Crippen LogP contribution >= 0.6 is 0 Å². The minimum atomic E-state index is 0.128. The molecule has 1 fully saturated rings. The van der Waals surface area contributed by atoms with E-state index in [1.165, 1.54) is 12.8 Å². The van der Waals surface area contributed by atoms with E-state index in [1.54, 1.807) is 0 Å². The fourth-order valence-corrected chi connectivity index (χ4v) is 1.51. The first-order valence-electron chi connectivity index (χ1n) is 6.13. The molecule has 2 N–H and O–H groups in total. The number of carbonyl (C=O) groups is 1. The van der Waals surface area contributed by atoms with Gasteiger partial charge in [-0.3, -0.25) is 4.79 Å². The van der Waals surface area contributed by atoms with Crippen LogP contribution in [0, 0.1) is 11.8 Å². The summed E-state index contributed by atoms with van der Waals surface area (Å²) >= 11 is 0. The SMILES string of the molecule is CCC(C)C(C)NC(=O)CNCC1CC1. The highest BCUT2D eigenvalue weighted by Gasteiger charge is 2.20. The molecule has 1 aliphatic carbocycles. The average Bonchev–Trinajstić information content (AvgIpc) is 3.00. The summed E-state index contributed by atoms with van der Waals surface area (Å²) in [6, 6.07) is 0.283. The normalized spacial score (nSPS) is 19.7. The molecule has 3 heteroatoms. The van der Waals surface area contributed by atoms with Crippen LogP contribution in [0.4, 0.5) is 0 Å². The van der Waals surface area contributed by atoms with Gasteiger partial charge in [0.25, 0.3) is 0 Å². The van der Waals surface area contributed by atoms with Crippen molar-refractivity contribution in [3.63, 3.8) is 0 Å². The molecule has 1 amide bonds. The summed E-state index contributed by atoms with van der Waals surface area (Å²) in [6.45, 7) is 7.87. The maximum absolute atomic E-state index is 11.5. The Kier molecular flexibility index (Phi) is 5.09. The van der Waals surface area contributed by atoms with Crippen LogP contribution in [0.5, 0.6) is 0 Å². The topological polar surface area (TPSA) is 41.1 Å². The van der Waals surface area contributed by atoms with Crippen molar-refractivity contribution in [2.75, 3.05) is 13.1 Å². The Morgan fingerprint density at radius 1 is 1.40 bits per heavy atom. The number of amides is 1. The Hall–Kier alpha value is -0.570. The molecule has 0 aliphatic heterocycles. The van der Waals surface area contributed by atoms with Gasteiger partial charge in [-0.15, -0.1) is 0 Å². The molecule has 0 bridgehead atoms. The first kappa shape index (κ1) is 12.5. The Morgan fingerprint density at radius 3 is 2.60 bits per heavy atom. The largest absolute Gasteiger partial charge is 0.352 e. The first-order chi connectivity index (χ1) is 7.13. The van der Waals surface area contributed by atoms with Crippen LogP contribution in [0.3, 0.4) is 0 Å². The van der Waals surface area contributed by atoms with Gasteiger partial charge in [0.1, 0.15) is 0 Å². The summed E-state index contributed by atoms with van der Waals surface area (Å²) in [6.07, 6.45) is 3.77. The molecular formula is C12H24N2O. The van der Waals surface area contributed by atoms with Gasteiger partial charge in [-0.25, -0.2) is 0 Å². The van der Waals surface area contributed by atoms with E-state index in [1.807, 2.05) is 0 Å². The fourth-order valence-electron chi connectivity index (χ4n) is 1.51. The van der Waals surface area contributed by atoms with Gasteiger partial charge in [0.15, 0.2) is 0 Å². The van der Waals surface area contributed by atoms with Gasteiger partial charge in [-0.2, -0.15) is 0 Å². The Bertz CT molecular complexity index is 202. The molecule has 3 nitrogen and oxygen atoms in total. The smallest absolute Gasteiger partial charge is 0.234 e. The van der Waals surface area contributed by atoms with Crippen LogP contribution in [0.1, 0.15) is 40.0 Å². The van der Waals surface area contributed by atoms with Crippen molar-refractivity contribution >= 4 is 5.91 Å². The van der Waals surface area contributed by atoms with E-state index in [9.17, 15) is 4.79 Å². The lowest BCUT2D eigenvalue weighted by Crippen LogP contribution is -2.42. The molecule has 88 valence electrons. The highest BCUT2D eigenvalue weighted by molar-refractivity contribution is 5.78. The molecule has 0 aromatic heterocycles. The summed E-state index contributed by atoms with van der Waals surface area (Å²) in [5.41, 5.74) is 0. The number of hydrogen-bond donors (Lipinski definition) is 2. The van der Waals surface area contributed by atoms with E-state index < -0.39 is 0 Å². The second-order valence-electron chi connectivity index (χ2n) is 4.82. The number of hydrogen-bond acceptors (Lipinski definition) is 2. The van der Waals surface area contributed by atoms with Gasteiger partial charge in [-0.1, -0.05) is 20.3 Å². The standard InChI is InChI=1S/C12H24N2O/c1-4-9(2)10(3)14-12(15)8-13-7-11-5-6-11/h9-11,13H,4-8H2,1-3H3,(H,14,15). The molecule has 15 heavy (non-hydrogen) atoms. The summed E-state index contributed by atoms with van der Waals surface area (Å²) in [7, 11) is 0. The van der Waals surface area contributed by atoms with E-state index in [0.29, 0.717) is 12.5 Å². The van der Waals surface area contributed by atoms with Gasteiger partial charge < -0.3 is 10.6 Å². The zero-order valence-corrected chi connectivity index (χ0v) is 10.2. The zero-order chi connectivity index (χ0) is 11.3. The monoisotopic (exact) mass is 212 g/mol. The number of carbonyl (C=O) groups excluding carboxylic acids is 1. The molecule has 1 aliphatic rings. The van der Waals surface area contributed by atoms with E-state index in [2.05, 4.69) is 31.4 Å². The third kappa shape index (κ3) is 5.17. The molecule has 0 saturated heterocycles. The van der Waals surface area contributed by atoms with Crippen molar-refractivity contribution in [3.05, 3.63) is 0 Å². The molecule has 2 atom stereocenters. The third-order valence-corrected chi connectivity index (χ3v) is 3.30. The fraction of sp³-hybridized carbons (Fsp3) is 0.917. The molecule has 1 rings (SSSR count). The molecule has 0 spiro atoms. The van der Waals surface area contributed by atoms with E-state index in [4.69, 9.17) is 0 Å². The number of nitrogens with one attached hydrogen (secondary N) is 2. The van der Waals surface area contributed by atoms with E-state index in [0.717, 1.165) is 18.9 Å². The summed E-state index contributed by atoms with van der Waals surface area (Å²) in [5, 5.41) is 6.22. The molecule has 2 unspecified atom stereocenters. The van der Waals surface area contributed by atoms with E-state index in [-0.39, 0.29) is 11.9 Å². The second kappa shape index (κ2) is 6.11. The van der Waals surface area contributed by atoms with Crippen LogP contribution in [-0.2, 0) is 4.79 Å². The minimum absolute atomic E-state index is 0.128. The lowest BCUT2D eigenvalue weighted by molar-refractivity contribution is -0.121. The molecular weight excluding hydrogens is 188 g/mol. The summed E-state index contributed by atoms with van der Waals surface area (Å²) in [5.74, 6) is 1.52. The molecule has 0 aromatic carbocycles. The van der Waals surface area contributed by atoms with Crippen LogP contribution in [0.15, 0.2) is 0 Å². The van der Waals surface area contributed by atoms with Crippen molar-refractivity contribution in [2.45, 2.75) is 46.1 Å². The average molecular weight is 212 g/mol. The predicted octanol–water partition coefficient (Wildman–Crippen LogP) is 1.54. The van der Waals surface area contributed by atoms with Crippen molar-refractivity contribution < 1.29 is 4.79 Å². The maximum atomic E-state index is 11.5. The summed E-state index contributed by atoms with van der Waals surface area (Å²) < 4.78 is 0. The second-order valence-corrected chi connectivity index (χ2v) is 4.82. The van der Waals surface area contributed by atoms with Crippen LogP contribution in [-0.4, -0.2) is 25.0 Å². The van der Waals surface area contributed by atoms with Crippen molar-refractivity contribution in [2.24, 2.45) is 11.8 Å². The van der Waals surface area contributed by atoms with Crippen molar-refractivity contribution in [1.82, 2.24) is 10.6 Å². The molecule has 0 radical (unpaired) electrons. The Labute approximate surface area is 93.0 Å². The highest BCUT2D eigenvalue weighted by Crippen LogP contribution is 2.27. The van der Waals surface area contributed by atoms with Crippen molar-refractivity contribution in [3.8, 4) is 0 Å². The zero-order valence-electron chi connectivity index (χ0n) is 10.2. The van der Waals surface area contributed by atoms with Gasteiger partial charge in [0, 0.05) is 6.04 Å². The lowest BCUT2D eigenvalue weighted by Gasteiger charge is -2.19. The van der Waals surface area contributed by atoms with Gasteiger partial charge in [0.2, 0.25) is 5.91 Å². The lowest BCUT2D eigenvalue weighted by atomic mass is 10.0. The Balaban J connectivity index is 2.05.